The number of nitriles is 1. The van der Waals surface area contributed by atoms with Gasteiger partial charge in [-0.25, -0.2) is 0 Å². The number of anilines is 1. The molecule has 27 heavy (non-hydrogen) atoms. The van der Waals surface area contributed by atoms with Crippen LogP contribution in [0.5, 0.6) is 0 Å². The maximum atomic E-state index is 12.3. The number of rotatable bonds is 5. The van der Waals surface area contributed by atoms with E-state index in [2.05, 4.69) is 37.1 Å². The number of hydrogen-bond acceptors (Lipinski definition) is 4. The number of carbonyl (C=O) groups is 1. The Morgan fingerprint density at radius 3 is 2.56 bits per heavy atom. The van der Waals surface area contributed by atoms with E-state index in [0.29, 0.717) is 12.1 Å². The van der Waals surface area contributed by atoms with Crippen molar-refractivity contribution in [2.75, 3.05) is 38.0 Å². The van der Waals surface area contributed by atoms with E-state index in [1.165, 1.54) is 5.56 Å². The molecule has 2 aromatic carbocycles. The fraction of sp³-hybridized carbons (Fsp3) is 0.333. The summed E-state index contributed by atoms with van der Waals surface area (Å²) in [6.07, 6.45) is 1.04. The standard InChI is InChI=1S/C21H23BrN4O/c22-19-3-1-4-20(13-19)24-21(27)16-26-10-2-9-25(11-12-26)15-18-7-5-17(14-23)6-8-18/h1,3-8,13H,2,9-12,15-16H2,(H,24,27). The zero-order valence-electron chi connectivity index (χ0n) is 15.2. The van der Waals surface area contributed by atoms with Gasteiger partial charge in [0.25, 0.3) is 0 Å². The van der Waals surface area contributed by atoms with Crippen LogP contribution in [0.15, 0.2) is 53.0 Å². The molecule has 3 rings (SSSR count). The summed E-state index contributed by atoms with van der Waals surface area (Å²) in [5.74, 6) is 0.0219. The second kappa shape index (κ2) is 9.65. The van der Waals surface area contributed by atoms with Crippen molar-refractivity contribution in [2.45, 2.75) is 13.0 Å². The third kappa shape index (κ3) is 6.17. The van der Waals surface area contributed by atoms with Crippen molar-refractivity contribution in [1.82, 2.24) is 9.80 Å². The molecule has 0 saturated carbocycles. The number of nitrogens with one attached hydrogen (secondary N) is 1. The van der Waals surface area contributed by atoms with Crippen molar-refractivity contribution in [1.29, 1.82) is 5.26 Å². The Morgan fingerprint density at radius 2 is 1.81 bits per heavy atom. The van der Waals surface area contributed by atoms with Gasteiger partial charge in [0.05, 0.1) is 18.2 Å². The van der Waals surface area contributed by atoms with Crippen LogP contribution >= 0.6 is 15.9 Å². The van der Waals surface area contributed by atoms with Crippen molar-refractivity contribution in [3.63, 3.8) is 0 Å². The Hall–Kier alpha value is -2.20. The number of amides is 1. The van der Waals surface area contributed by atoms with Crippen molar-refractivity contribution in [2.24, 2.45) is 0 Å². The van der Waals surface area contributed by atoms with E-state index in [0.717, 1.165) is 49.3 Å². The number of halogens is 1. The first-order valence-corrected chi connectivity index (χ1v) is 9.91. The number of benzene rings is 2. The van der Waals surface area contributed by atoms with Crippen LogP contribution in [0.25, 0.3) is 0 Å². The summed E-state index contributed by atoms with van der Waals surface area (Å²) in [5, 5.41) is 11.9. The number of carbonyl (C=O) groups excluding carboxylic acids is 1. The molecule has 1 amide bonds. The fourth-order valence-electron chi connectivity index (χ4n) is 3.25. The van der Waals surface area contributed by atoms with E-state index in [-0.39, 0.29) is 5.91 Å². The monoisotopic (exact) mass is 426 g/mol. The van der Waals surface area contributed by atoms with Gasteiger partial charge >= 0.3 is 0 Å². The zero-order valence-corrected chi connectivity index (χ0v) is 16.8. The predicted octanol–water partition coefficient (Wildman–Crippen LogP) is 3.47. The van der Waals surface area contributed by atoms with Gasteiger partial charge in [0.1, 0.15) is 0 Å². The van der Waals surface area contributed by atoms with Gasteiger partial charge in [0, 0.05) is 29.8 Å². The van der Waals surface area contributed by atoms with Gasteiger partial charge in [-0.15, -0.1) is 0 Å². The molecular formula is C21H23BrN4O. The second-order valence-electron chi connectivity index (χ2n) is 6.77. The van der Waals surface area contributed by atoms with Crippen LogP contribution in [0.3, 0.4) is 0 Å². The summed E-state index contributed by atoms with van der Waals surface area (Å²) in [4.78, 5) is 17.0. The van der Waals surface area contributed by atoms with E-state index in [1.54, 1.807) is 0 Å². The quantitative estimate of drug-likeness (QED) is 0.794. The molecule has 0 radical (unpaired) electrons. The lowest BCUT2D eigenvalue weighted by atomic mass is 10.1. The molecule has 0 bridgehead atoms. The molecule has 140 valence electrons. The highest BCUT2D eigenvalue weighted by atomic mass is 79.9. The van der Waals surface area contributed by atoms with E-state index >= 15 is 0 Å². The molecule has 1 saturated heterocycles. The van der Waals surface area contributed by atoms with Gasteiger partial charge in [-0.2, -0.15) is 5.26 Å². The Bertz CT molecular complexity index is 816. The lowest BCUT2D eigenvalue weighted by Gasteiger charge is -2.21. The molecule has 1 N–H and O–H groups in total. The molecule has 6 heteroatoms. The minimum Gasteiger partial charge on any atom is -0.325 e. The van der Waals surface area contributed by atoms with Crippen LogP contribution in [-0.2, 0) is 11.3 Å². The van der Waals surface area contributed by atoms with Crippen molar-refractivity contribution in [3.05, 3.63) is 64.1 Å². The molecule has 5 nitrogen and oxygen atoms in total. The highest BCUT2D eigenvalue weighted by Gasteiger charge is 2.17. The molecule has 0 aliphatic carbocycles. The first-order valence-electron chi connectivity index (χ1n) is 9.11. The van der Waals surface area contributed by atoms with Crippen LogP contribution in [0, 0.1) is 11.3 Å². The fourth-order valence-corrected chi connectivity index (χ4v) is 3.65. The van der Waals surface area contributed by atoms with Crippen LogP contribution in [0.1, 0.15) is 17.5 Å². The van der Waals surface area contributed by atoms with Gasteiger partial charge in [-0.3, -0.25) is 14.6 Å². The maximum absolute atomic E-state index is 12.3. The average molecular weight is 427 g/mol. The molecule has 1 aliphatic heterocycles. The van der Waals surface area contributed by atoms with Crippen LogP contribution in [0.2, 0.25) is 0 Å². The third-order valence-electron chi connectivity index (χ3n) is 4.65. The van der Waals surface area contributed by atoms with Crippen LogP contribution in [-0.4, -0.2) is 48.4 Å². The van der Waals surface area contributed by atoms with Crippen molar-refractivity contribution < 1.29 is 4.79 Å². The van der Waals surface area contributed by atoms with Crippen molar-refractivity contribution in [3.8, 4) is 6.07 Å². The Kier molecular flexibility index (Phi) is 6.99. The summed E-state index contributed by atoms with van der Waals surface area (Å²) in [5.41, 5.74) is 2.72. The highest BCUT2D eigenvalue weighted by molar-refractivity contribution is 9.10. The molecule has 1 fully saturated rings. The molecule has 0 atom stereocenters. The topological polar surface area (TPSA) is 59.4 Å². The molecule has 1 heterocycles. The average Bonchev–Trinajstić information content (AvgIpc) is 2.87. The predicted molar refractivity (Wildman–Crippen MR) is 110 cm³/mol. The molecule has 0 aromatic heterocycles. The smallest absolute Gasteiger partial charge is 0.238 e. The van der Waals surface area contributed by atoms with Crippen molar-refractivity contribution >= 4 is 27.5 Å². The summed E-state index contributed by atoms with van der Waals surface area (Å²) in [7, 11) is 0. The third-order valence-corrected chi connectivity index (χ3v) is 5.14. The van der Waals surface area contributed by atoms with Gasteiger partial charge in [-0.1, -0.05) is 34.1 Å². The Morgan fingerprint density at radius 1 is 1.07 bits per heavy atom. The SMILES string of the molecule is N#Cc1ccc(CN2CCCN(CC(=O)Nc3cccc(Br)c3)CC2)cc1. The summed E-state index contributed by atoms with van der Waals surface area (Å²) in [6, 6.07) is 17.6. The van der Waals surface area contributed by atoms with E-state index in [9.17, 15) is 4.79 Å². The first-order chi connectivity index (χ1) is 13.1. The minimum absolute atomic E-state index is 0.0219. The van der Waals surface area contributed by atoms with Gasteiger partial charge in [0.15, 0.2) is 0 Å². The summed E-state index contributed by atoms with van der Waals surface area (Å²) in [6.45, 7) is 5.05. The molecule has 0 unspecified atom stereocenters. The van der Waals surface area contributed by atoms with Gasteiger partial charge in [0.2, 0.25) is 5.91 Å². The van der Waals surface area contributed by atoms with Crippen LogP contribution < -0.4 is 5.32 Å². The largest absolute Gasteiger partial charge is 0.325 e. The van der Waals surface area contributed by atoms with Crippen LogP contribution in [0.4, 0.5) is 5.69 Å². The first kappa shape index (κ1) is 19.6. The molecular weight excluding hydrogens is 404 g/mol. The summed E-state index contributed by atoms with van der Waals surface area (Å²) >= 11 is 3.42. The number of nitrogens with zero attached hydrogens (tertiary/aromatic N) is 3. The lowest BCUT2D eigenvalue weighted by Crippen LogP contribution is -2.36. The Balaban J connectivity index is 1.47. The van der Waals surface area contributed by atoms with E-state index < -0.39 is 0 Å². The highest BCUT2D eigenvalue weighted by Crippen LogP contribution is 2.16. The second-order valence-corrected chi connectivity index (χ2v) is 7.69. The van der Waals surface area contributed by atoms with E-state index in [1.807, 2.05) is 48.5 Å². The number of hydrogen-bond donors (Lipinski definition) is 1. The summed E-state index contributed by atoms with van der Waals surface area (Å²) < 4.78 is 0.952. The zero-order chi connectivity index (χ0) is 19.1. The van der Waals surface area contributed by atoms with E-state index in [4.69, 9.17) is 5.26 Å². The lowest BCUT2D eigenvalue weighted by molar-refractivity contribution is -0.117. The molecule has 1 aliphatic rings. The molecule has 0 spiro atoms. The van der Waals surface area contributed by atoms with Gasteiger partial charge < -0.3 is 5.32 Å². The normalized spacial score (nSPS) is 15.7. The minimum atomic E-state index is 0.0219. The van der Waals surface area contributed by atoms with Gasteiger partial charge in [-0.05, 0) is 55.4 Å². The Labute approximate surface area is 168 Å². The maximum Gasteiger partial charge on any atom is 0.238 e. The molecule has 2 aromatic rings.